The van der Waals surface area contributed by atoms with E-state index >= 15 is 0 Å². The van der Waals surface area contributed by atoms with Crippen molar-refractivity contribution >= 4 is 0 Å². The first-order valence-corrected chi connectivity index (χ1v) is 6.40. The SMILES string of the molecule is N#CC1(C2(O)CCC2)CCc2ccccc2C1. The number of hydrogen-bond acceptors (Lipinski definition) is 2. The van der Waals surface area contributed by atoms with Crippen molar-refractivity contribution in [3.05, 3.63) is 35.4 Å². The minimum atomic E-state index is -0.727. The van der Waals surface area contributed by atoms with Crippen LogP contribution in [-0.4, -0.2) is 10.7 Å². The van der Waals surface area contributed by atoms with Gasteiger partial charge in [0.05, 0.1) is 17.1 Å². The van der Waals surface area contributed by atoms with Gasteiger partial charge < -0.3 is 5.11 Å². The molecule has 0 amide bonds. The Hall–Kier alpha value is -1.33. The largest absolute Gasteiger partial charge is 0.388 e. The highest BCUT2D eigenvalue weighted by Crippen LogP contribution is 2.52. The minimum absolute atomic E-state index is 0.542. The van der Waals surface area contributed by atoms with Crippen molar-refractivity contribution in [3.63, 3.8) is 0 Å². The summed E-state index contributed by atoms with van der Waals surface area (Å²) < 4.78 is 0. The Morgan fingerprint density at radius 1 is 1.12 bits per heavy atom. The number of nitriles is 1. The summed E-state index contributed by atoms with van der Waals surface area (Å²) in [5.74, 6) is 0. The molecule has 1 fully saturated rings. The number of benzene rings is 1. The van der Waals surface area contributed by atoms with E-state index in [2.05, 4.69) is 24.3 Å². The third-order valence-electron chi connectivity index (χ3n) is 4.72. The van der Waals surface area contributed by atoms with Crippen LogP contribution < -0.4 is 0 Å². The van der Waals surface area contributed by atoms with Crippen LogP contribution in [0, 0.1) is 16.7 Å². The number of nitrogens with zero attached hydrogens (tertiary/aromatic N) is 1. The standard InChI is InChI=1S/C15H17NO/c16-11-14(15(17)7-3-8-15)9-6-12-4-1-2-5-13(12)10-14/h1-2,4-5,17H,3,6-10H2. The molecule has 2 nitrogen and oxygen atoms in total. The molecule has 88 valence electrons. The molecule has 1 aromatic rings. The van der Waals surface area contributed by atoms with Crippen LogP contribution in [0.4, 0.5) is 0 Å². The first-order chi connectivity index (χ1) is 8.19. The van der Waals surface area contributed by atoms with Crippen LogP contribution >= 0.6 is 0 Å². The van der Waals surface area contributed by atoms with Gasteiger partial charge in [0.15, 0.2) is 0 Å². The zero-order chi connectivity index (χ0) is 11.9. The lowest BCUT2D eigenvalue weighted by Crippen LogP contribution is -2.55. The van der Waals surface area contributed by atoms with Gasteiger partial charge in [0, 0.05) is 0 Å². The number of aryl methyl sites for hydroxylation is 1. The van der Waals surface area contributed by atoms with Crippen molar-refractivity contribution in [1.29, 1.82) is 5.26 Å². The van der Waals surface area contributed by atoms with Crippen molar-refractivity contribution < 1.29 is 5.11 Å². The number of hydrogen-bond donors (Lipinski definition) is 1. The van der Waals surface area contributed by atoms with Crippen LogP contribution in [0.15, 0.2) is 24.3 Å². The fraction of sp³-hybridized carbons (Fsp3) is 0.533. The third-order valence-corrected chi connectivity index (χ3v) is 4.72. The first kappa shape index (κ1) is 10.8. The van der Waals surface area contributed by atoms with Crippen LogP contribution in [0.25, 0.3) is 0 Å². The Kier molecular flexibility index (Phi) is 2.27. The molecule has 0 aliphatic heterocycles. The van der Waals surface area contributed by atoms with Crippen LogP contribution in [-0.2, 0) is 12.8 Å². The van der Waals surface area contributed by atoms with E-state index in [0.29, 0.717) is 0 Å². The second-order valence-electron chi connectivity index (χ2n) is 5.52. The molecule has 2 heteroatoms. The van der Waals surface area contributed by atoms with Gasteiger partial charge in [-0.15, -0.1) is 0 Å². The topological polar surface area (TPSA) is 44.0 Å². The second kappa shape index (κ2) is 3.58. The van der Waals surface area contributed by atoms with Gasteiger partial charge in [0.1, 0.15) is 0 Å². The second-order valence-corrected chi connectivity index (χ2v) is 5.52. The molecule has 0 bridgehead atoms. The molecule has 17 heavy (non-hydrogen) atoms. The van der Waals surface area contributed by atoms with E-state index in [1.807, 2.05) is 6.07 Å². The van der Waals surface area contributed by atoms with Crippen LogP contribution in [0.3, 0.4) is 0 Å². The lowest BCUT2D eigenvalue weighted by atomic mass is 9.56. The first-order valence-electron chi connectivity index (χ1n) is 6.40. The van der Waals surface area contributed by atoms with Gasteiger partial charge in [0.25, 0.3) is 0 Å². The molecule has 3 rings (SSSR count). The molecule has 0 saturated heterocycles. The van der Waals surface area contributed by atoms with Gasteiger partial charge in [-0.05, 0) is 49.7 Å². The maximum absolute atomic E-state index is 10.6. The molecule has 1 aromatic carbocycles. The Balaban J connectivity index is 1.98. The van der Waals surface area contributed by atoms with E-state index in [4.69, 9.17) is 0 Å². The van der Waals surface area contributed by atoms with E-state index in [1.54, 1.807) is 0 Å². The van der Waals surface area contributed by atoms with Gasteiger partial charge >= 0.3 is 0 Å². The van der Waals surface area contributed by atoms with Gasteiger partial charge in [-0.3, -0.25) is 0 Å². The monoisotopic (exact) mass is 227 g/mol. The van der Waals surface area contributed by atoms with Crippen molar-refractivity contribution in [2.75, 3.05) is 0 Å². The van der Waals surface area contributed by atoms with E-state index < -0.39 is 11.0 Å². The zero-order valence-corrected chi connectivity index (χ0v) is 9.95. The molecule has 0 radical (unpaired) electrons. The summed E-state index contributed by atoms with van der Waals surface area (Å²) >= 11 is 0. The molecule has 0 spiro atoms. The van der Waals surface area contributed by atoms with Gasteiger partial charge in [-0.1, -0.05) is 24.3 Å². The highest BCUT2D eigenvalue weighted by Gasteiger charge is 2.55. The summed E-state index contributed by atoms with van der Waals surface area (Å²) in [6, 6.07) is 10.8. The summed E-state index contributed by atoms with van der Waals surface area (Å²) in [4.78, 5) is 0. The Bertz CT molecular complexity index is 484. The Labute approximate surface area is 102 Å². The highest BCUT2D eigenvalue weighted by molar-refractivity contribution is 5.35. The fourth-order valence-electron chi connectivity index (χ4n) is 3.32. The molecule has 0 aromatic heterocycles. The average Bonchev–Trinajstić information content (AvgIpc) is 2.35. The highest BCUT2D eigenvalue weighted by atomic mass is 16.3. The zero-order valence-electron chi connectivity index (χ0n) is 9.95. The van der Waals surface area contributed by atoms with E-state index in [0.717, 1.165) is 38.5 Å². The van der Waals surface area contributed by atoms with Crippen molar-refractivity contribution in [2.45, 2.75) is 44.1 Å². The average molecular weight is 227 g/mol. The Morgan fingerprint density at radius 2 is 1.82 bits per heavy atom. The molecule has 1 saturated carbocycles. The Morgan fingerprint density at radius 3 is 2.41 bits per heavy atom. The van der Waals surface area contributed by atoms with Crippen molar-refractivity contribution in [2.24, 2.45) is 5.41 Å². The van der Waals surface area contributed by atoms with Crippen molar-refractivity contribution in [1.82, 2.24) is 0 Å². The molecule has 2 aliphatic carbocycles. The van der Waals surface area contributed by atoms with E-state index in [1.165, 1.54) is 11.1 Å². The number of aliphatic hydroxyl groups is 1. The van der Waals surface area contributed by atoms with Crippen LogP contribution in [0.1, 0.15) is 36.8 Å². The summed E-state index contributed by atoms with van der Waals surface area (Å²) in [7, 11) is 0. The molecule has 1 atom stereocenters. The minimum Gasteiger partial charge on any atom is -0.388 e. The summed E-state index contributed by atoms with van der Waals surface area (Å²) in [5.41, 5.74) is 1.33. The van der Waals surface area contributed by atoms with E-state index in [9.17, 15) is 10.4 Å². The van der Waals surface area contributed by atoms with E-state index in [-0.39, 0.29) is 0 Å². The lowest BCUT2D eigenvalue weighted by Gasteiger charge is -2.50. The van der Waals surface area contributed by atoms with Gasteiger partial charge in [0.2, 0.25) is 0 Å². The summed E-state index contributed by atoms with van der Waals surface area (Å²) in [6.07, 6.45) is 5.09. The number of fused-ring (bicyclic) bond motifs is 1. The van der Waals surface area contributed by atoms with Gasteiger partial charge in [-0.25, -0.2) is 0 Å². The lowest BCUT2D eigenvalue weighted by molar-refractivity contribution is -0.120. The molecule has 1 N–H and O–H groups in total. The predicted octanol–water partition coefficient (Wildman–Crippen LogP) is 2.60. The summed E-state index contributed by atoms with van der Waals surface area (Å²) in [6.45, 7) is 0. The van der Waals surface area contributed by atoms with Crippen LogP contribution in [0.2, 0.25) is 0 Å². The fourth-order valence-corrected chi connectivity index (χ4v) is 3.32. The maximum atomic E-state index is 10.6. The van der Waals surface area contributed by atoms with Crippen molar-refractivity contribution in [3.8, 4) is 6.07 Å². The molecule has 2 aliphatic rings. The normalized spacial score (nSPS) is 29.9. The number of rotatable bonds is 1. The third kappa shape index (κ3) is 1.42. The maximum Gasteiger partial charge on any atom is 0.0903 e. The smallest absolute Gasteiger partial charge is 0.0903 e. The van der Waals surface area contributed by atoms with Gasteiger partial charge in [-0.2, -0.15) is 5.26 Å². The molecule has 1 unspecified atom stereocenters. The molecular weight excluding hydrogens is 210 g/mol. The summed E-state index contributed by atoms with van der Waals surface area (Å²) in [5, 5.41) is 20.1. The quantitative estimate of drug-likeness (QED) is 0.801. The predicted molar refractivity (Wildman–Crippen MR) is 65.3 cm³/mol. The van der Waals surface area contributed by atoms with Crippen LogP contribution in [0.5, 0.6) is 0 Å². The molecule has 0 heterocycles. The molecular formula is C15H17NO.